The summed E-state index contributed by atoms with van der Waals surface area (Å²) in [5.74, 6) is 2.21. The number of piperazine rings is 1. The number of anilines is 1. The minimum Gasteiger partial charge on any atom is -0.493 e. The predicted molar refractivity (Wildman–Crippen MR) is 141 cm³/mol. The zero-order valence-electron chi connectivity index (χ0n) is 21.2. The van der Waals surface area contributed by atoms with Gasteiger partial charge in [0.2, 0.25) is 0 Å². The Kier molecular flexibility index (Phi) is 6.34. The number of aryl methyl sites for hydroxylation is 1. The Bertz CT molecular complexity index is 1320. The minimum absolute atomic E-state index is 0.611. The largest absolute Gasteiger partial charge is 0.493 e. The molecule has 0 unspecified atom stereocenters. The maximum Gasteiger partial charge on any atom is 0.161 e. The minimum atomic E-state index is 0.611. The molecular formula is C28H33N5O2. The second kappa shape index (κ2) is 9.58. The van der Waals surface area contributed by atoms with E-state index in [2.05, 4.69) is 47.9 Å². The fourth-order valence-electron chi connectivity index (χ4n) is 4.80. The number of nitrogens with zero attached hydrogens (tertiary/aromatic N) is 5. The Morgan fingerprint density at radius 3 is 2.11 bits per heavy atom. The van der Waals surface area contributed by atoms with Gasteiger partial charge < -0.3 is 18.9 Å². The molecule has 1 saturated heterocycles. The van der Waals surface area contributed by atoms with E-state index in [0.717, 1.165) is 60.0 Å². The summed E-state index contributed by atoms with van der Waals surface area (Å²) in [6, 6.07) is 19.3. The highest BCUT2D eigenvalue weighted by Crippen LogP contribution is 2.33. The van der Waals surface area contributed by atoms with Crippen molar-refractivity contribution in [2.24, 2.45) is 7.05 Å². The van der Waals surface area contributed by atoms with Crippen molar-refractivity contribution < 1.29 is 9.47 Å². The molecule has 0 amide bonds. The van der Waals surface area contributed by atoms with Crippen LogP contribution in [0.25, 0.3) is 33.8 Å². The Labute approximate surface area is 206 Å². The van der Waals surface area contributed by atoms with Crippen molar-refractivity contribution in [1.29, 1.82) is 0 Å². The van der Waals surface area contributed by atoms with Crippen molar-refractivity contribution in [2.75, 3.05) is 45.3 Å². The van der Waals surface area contributed by atoms with Gasteiger partial charge in [0.15, 0.2) is 17.1 Å². The second-order valence-corrected chi connectivity index (χ2v) is 9.27. The highest BCUT2D eigenvalue weighted by Gasteiger charge is 2.19. The molecule has 5 rings (SSSR count). The van der Waals surface area contributed by atoms with Crippen LogP contribution in [0.3, 0.4) is 0 Å². The topological polar surface area (TPSA) is 55.7 Å². The van der Waals surface area contributed by atoms with E-state index in [-0.39, 0.29) is 0 Å². The van der Waals surface area contributed by atoms with Crippen LogP contribution in [-0.4, -0.2) is 65.9 Å². The van der Waals surface area contributed by atoms with E-state index in [9.17, 15) is 0 Å². The van der Waals surface area contributed by atoms with Gasteiger partial charge in [-0.05, 0) is 56.3 Å². The summed E-state index contributed by atoms with van der Waals surface area (Å²) in [6.45, 7) is 8.90. The van der Waals surface area contributed by atoms with Crippen LogP contribution in [0, 0.1) is 0 Å². The van der Waals surface area contributed by atoms with E-state index in [0.29, 0.717) is 17.5 Å². The first-order valence-corrected chi connectivity index (χ1v) is 12.1. The number of fused-ring (bicyclic) bond motifs is 1. The number of ether oxygens (including phenoxy) is 2. The molecular weight excluding hydrogens is 438 g/mol. The molecule has 7 heteroatoms. The molecule has 0 spiro atoms. The fraction of sp³-hybridized carbons (Fsp3) is 0.357. The number of methoxy groups -OCH3 is 2. The molecule has 0 saturated carbocycles. The lowest BCUT2D eigenvalue weighted by Crippen LogP contribution is -2.48. The van der Waals surface area contributed by atoms with Crippen molar-refractivity contribution in [3.05, 3.63) is 54.6 Å². The lowest BCUT2D eigenvalue weighted by Gasteiger charge is -2.38. The van der Waals surface area contributed by atoms with Gasteiger partial charge in [-0.2, -0.15) is 0 Å². The predicted octanol–water partition coefficient (Wildman–Crippen LogP) is 4.85. The van der Waals surface area contributed by atoms with Gasteiger partial charge in [0.25, 0.3) is 0 Å². The molecule has 2 aromatic carbocycles. The third-order valence-electron chi connectivity index (χ3n) is 6.93. The molecule has 182 valence electrons. The summed E-state index contributed by atoms with van der Waals surface area (Å²) < 4.78 is 12.9. The van der Waals surface area contributed by atoms with Gasteiger partial charge in [-0.1, -0.05) is 12.1 Å². The van der Waals surface area contributed by atoms with Crippen LogP contribution in [0.5, 0.6) is 11.5 Å². The average Bonchev–Trinajstić information content (AvgIpc) is 3.24. The Morgan fingerprint density at radius 2 is 1.46 bits per heavy atom. The number of hydrogen-bond donors (Lipinski definition) is 0. The Morgan fingerprint density at radius 1 is 0.771 bits per heavy atom. The van der Waals surface area contributed by atoms with Gasteiger partial charge in [-0.25, -0.2) is 9.97 Å². The van der Waals surface area contributed by atoms with E-state index >= 15 is 0 Å². The molecule has 1 aliphatic heterocycles. The number of benzene rings is 2. The summed E-state index contributed by atoms with van der Waals surface area (Å²) in [5.41, 5.74) is 5.98. The van der Waals surface area contributed by atoms with Gasteiger partial charge in [0.1, 0.15) is 11.3 Å². The molecule has 35 heavy (non-hydrogen) atoms. The van der Waals surface area contributed by atoms with E-state index < -0.39 is 0 Å². The monoisotopic (exact) mass is 471 g/mol. The zero-order chi connectivity index (χ0) is 24.5. The maximum atomic E-state index is 5.47. The summed E-state index contributed by atoms with van der Waals surface area (Å²) in [7, 11) is 5.27. The van der Waals surface area contributed by atoms with Crippen molar-refractivity contribution in [2.45, 2.75) is 19.9 Å². The highest BCUT2D eigenvalue weighted by molar-refractivity contribution is 5.80. The molecule has 1 aliphatic rings. The molecule has 0 bridgehead atoms. The molecule has 4 aromatic rings. The first kappa shape index (κ1) is 23.2. The van der Waals surface area contributed by atoms with E-state index in [1.54, 1.807) is 14.2 Å². The lowest BCUT2D eigenvalue weighted by atomic mass is 10.1. The third-order valence-corrected chi connectivity index (χ3v) is 6.93. The summed E-state index contributed by atoms with van der Waals surface area (Å²) in [5, 5.41) is 0. The van der Waals surface area contributed by atoms with Gasteiger partial charge in [0, 0.05) is 56.1 Å². The van der Waals surface area contributed by atoms with Gasteiger partial charge >= 0.3 is 0 Å². The third kappa shape index (κ3) is 4.44. The van der Waals surface area contributed by atoms with Crippen molar-refractivity contribution in [3.8, 4) is 34.1 Å². The molecule has 1 fully saturated rings. The number of rotatable bonds is 6. The van der Waals surface area contributed by atoms with Crippen molar-refractivity contribution >= 4 is 16.9 Å². The summed E-state index contributed by atoms with van der Waals surface area (Å²) >= 11 is 0. The fourth-order valence-corrected chi connectivity index (χ4v) is 4.80. The molecule has 0 aliphatic carbocycles. The second-order valence-electron chi connectivity index (χ2n) is 9.27. The highest BCUT2D eigenvalue weighted by atomic mass is 16.5. The molecule has 3 heterocycles. The van der Waals surface area contributed by atoms with Crippen LogP contribution >= 0.6 is 0 Å². The number of pyridine rings is 1. The lowest BCUT2D eigenvalue weighted by molar-refractivity contribution is 0.209. The van der Waals surface area contributed by atoms with Crippen LogP contribution < -0.4 is 14.4 Å². The molecule has 7 nitrogen and oxygen atoms in total. The number of imidazole rings is 1. The van der Waals surface area contributed by atoms with Crippen LogP contribution in [0.15, 0.2) is 54.6 Å². The van der Waals surface area contributed by atoms with Gasteiger partial charge in [0.05, 0.1) is 19.9 Å². The van der Waals surface area contributed by atoms with Crippen molar-refractivity contribution in [3.63, 3.8) is 0 Å². The Hall–Kier alpha value is -3.58. The maximum absolute atomic E-state index is 5.47. The molecule has 0 atom stereocenters. The van der Waals surface area contributed by atoms with E-state index in [4.69, 9.17) is 19.4 Å². The SMILES string of the molecule is COc1ccc(-c2nc3ccc(-c4ccc(N5CCN(C(C)C)CC5)cc4)nc3n2C)cc1OC. The summed E-state index contributed by atoms with van der Waals surface area (Å²) in [4.78, 5) is 14.8. The number of hydrogen-bond acceptors (Lipinski definition) is 6. The molecule has 2 aromatic heterocycles. The Balaban J connectivity index is 1.40. The number of aromatic nitrogens is 3. The first-order valence-electron chi connectivity index (χ1n) is 12.1. The van der Waals surface area contributed by atoms with Crippen LogP contribution in [0.4, 0.5) is 5.69 Å². The van der Waals surface area contributed by atoms with E-state index in [1.807, 2.05) is 41.9 Å². The average molecular weight is 472 g/mol. The normalized spacial score (nSPS) is 14.6. The van der Waals surface area contributed by atoms with Gasteiger partial charge in [-0.3, -0.25) is 4.90 Å². The summed E-state index contributed by atoms with van der Waals surface area (Å²) in [6.07, 6.45) is 0. The van der Waals surface area contributed by atoms with Crippen LogP contribution in [0.2, 0.25) is 0 Å². The van der Waals surface area contributed by atoms with Crippen LogP contribution in [-0.2, 0) is 7.05 Å². The smallest absolute Gasteiger partial charge is 0.161 e. The molecule has 0 radical (unpaired) electrons. The molecule has 0 N–H and O–H groups in total. The quantitative estimate of drug-likeness (QED) is 0.401. The van der Waals surface area contributed by atoms with E-state index in [1.165, 1.54) is 5.69 Å². The van der Waals surface area contributed by atoms with Gasteiger partial charge in [-0.15, -0.1) is 0 Å². The standard InChI is InChI=1S/C28H33N5O2/c1-19(2)32-14-16-33(17-15-32)22-9-6-20(7-10-22)23-11-12-24-28(29-23)31(3)27(30-24)21-8-13-25(34-4)26(18-21)35-5/h6-13,18-19H,14-17H2,1-5H3. The zero-order valence-corrected chi connectivity index (χ0v) is 21.2. The van der Waals surface area contributed by atoms with Crippen LogP contribution in [0.1, 0.15) is 13.8 Å². The van der Waals surface area contributed by atoms with Crippen molar-refractivity contribution in [1.82, 2.24) is 19.4 Å². The first-order chi connectivity index (χ1) is 17.0.